The Labute approximate surface area is 108 Å². The van der Waals surface area contributed by atoms with Crippen molar-refractivity contribution in [3.63, 3.8) is 0 Å². The third-order valence-corrected chi connectivity index (χ3v) is 3.59. The molecule has 1 rings (SSSR count). The van der Waals surface area contributed by atoms with Gasteiger partial charge in [-0.2, -0.15) is 0 Å². The lowest BCUT2D eigenvalue weighted by Crippen LogP contribution is -2.50. The summed E-state index contributed by atoms with van der Waals surface area (Å²) in [6.45, 7) is 18.9. The second-order valence-corrected chi connectivity index (χ2v) is 6.05. The second-order valence-electron chi connectivity index (χ2n) is 6.05. The van der Waals surface area contributed by atoms with E-state index in [9.17, 15) is 0 Å². The second kappa shape index (κ2) is 7.34. The van der Waals surface area contributed by atoms with Gasteiger partial charge in [0.05, 0.1) is 0 Å². The molecular formula is C14H31N3. The maximum atomic E-state index is 3.55. The summed E-state index contributed by atoms with van der Waals surface area (Å²) in [4.78, 5) is 5.17. The molecular weight excluding hydrogens is 210 g/mol. The highest BCUT2D eigenvalue weighted by molar-refractivity contribution is 4.79. The van der Waals surface area contributed by atoms with Gasteiger partial charge in [-0.1, -0.05) is 27.7 Å². The molecule has 1 aliphatic heterocycles. The average molecular weight is 241 g/mol. The normalized spacial score (nSPS) is 19.8. The molecule has 3 nitrogen and oxygen atoms in total. The minimum Gasteiger partial charge on any atom is -0.316 e. The number of likely N-dealkylation sites (N-methyl/N-ethyl adjacent to an activating group) is 1. The molecule has 1 heterocycles. The molecule has 0 saturated carbocycles. The first kappa shape index (κ1) is 14.9. The van der Waals surface area contributed by atoms with Crippen molar-refractivity contribution in [3.05, 3.63) is 0 Å². The van der Waals surface area contributed by atoms with Crippen molar-refractivity contribution in [1.82, 2.24) is 15.1 Å². The number of nitrogens with one attached hydrogen (secondary N) is 1. The SMILES string of the molecule is CCCNCC(C)(C)CN1CCN(CC)CC1. The fourth-order valence-electron chi connectivity index (χ4n) is 2.53. The van der Waals surface area contributed by atoms with E-state index in [0.29, 0.717) is 5.41 Å². The van der Waals surface area contributed by atoms with E-state index in [2.05, 4.69) is 42.8 Å². The summed E-state index contributed by atoms with van der Waals surface area (Å²) in [6.07, 6.45) is 1.23. The van der Waals surface area contributed by atoms with Crippen molar-refractivity contribution < 1.29 is 0 Å². The van der Waals surface area contributed by atoms with Crippen LogP contribution < -0.4 is 5.32 Å². The summed E-state index contributed by atoms with van der Waals surface area (Å²) in [5, 5.41) is 3.55. The first-order valence-electron chi connectivity index (χ1n) is 7.23. The van der Waals surface area contributed by atoms with Gasteiger partial charge in [0.15, 0.2) is 0 Å². The Bertz CT molecular complexity index is 196. The van der Waals surface area contributed by atoms with Crippen LogP contribution in [-0.4, -0.2) is 62.2 Å². The minimum absolute atomic E-state index is 0.392. The van der Waals surface area contributed by atoms with Gasteiger partial charge in [0.25, 0.3) is 0 Å². The Hall–Kier alpha value is -0.120. The Morgan fingerprint density at radius 2 is 1.59 bits per heavy atom. The monoisotopic (exact) mass is 241 g/mol. The van der Waals surface area contributed by atoms with E-state index in [1.165, 1.54) is 45.7 Å². The number of nitrogens with zero attached hydrogens (tertiary/aromatic N) is 2. The first-order chi connectivity index (χ1) is 8.07. The van der Waals surface area contributed by atoms with Crippen molar-refractivity contribution in [3.8, 4) is 0 Å². The smallest absolute Gasteiger partial charge is 0.0110 e. The van der Waals surface area contributed by atoms with E-state index >= 15 is 0 Å². The zero-order valence-electron chi connectivity index (χ0n) is 12.3. The molecule has 0 atom stereocenters. The molecule has 0 unspecified atom stereocenters. The summed E-state index contributed by atoms with van der Waals surface area (Å²) < 4.78 is 0. The van der Waals surface area contributed by atoms with Crippen molar-refractivity contribution >= 4 is 0 Å². The van der Waals surface area contributed by atoms with Crippen LogP contribution in [-0.2, 0) is 0 Å². The molecule has 0 bridgehead atoms. The predicted octanol–water partition coefficient (Wildman–Crippen LogP) is 1.65. The van der Waals surface area contributed by atoms with Gasteiger partial charge in [-0.3, -0.25) is 0 Å². The molecule has 1 fully saturated rings. The Kier molecular flexibility index (Phi) is 6.45. The van der Waals surface area contributed by atoms with Crippen LogP contribution in [0.3, 0.4) is 0 Å². The number of hydrogen-bond donors (Lipinski definition) is 1. The predicted molar refractivity (Wildman–Crippen MR) is 75.5 cm³/mol. The van der Waals surface area contributed by atoms with E-state index in [-0.39, 0.29) is 0 Å². The molecule has 0 aliphatic carbocycles. The van der Waals surface area contributed by atoms with Crippen molar-refractivity contribution in [1.29, 1.82) is 0 Å². The number of hydrogen-bond acceptors (Lipinski definition) is 3. The summed E-state index contributed by atoms with van der Waals surface area (Å²) in [5.41, 5.74) is 0.392. The summed E-state index contributed by atoms with van der Waals surface area (Å²) in [5.74, 6) is 0. The molecule has 1 N–H and O–H groups in total. The van der Waals surface area contributed by atoms with Gasteiger partial charge >= 0.3 is 0 Å². The van der Waals surface area contributed by atoms with Crippen molar-refractivity contribution in [2.75, 3.05) is 52.4 Å². The Morgan fingerprint density at radius 3 is 2.12 bits per heavy atom. The highest BCUT2D eigenvalue weighted by atomic mass is 15.3. The molecule has 1 aliphatic rings. The molecule has 17 heavy (non-hydrogen) atoms. The third-order valence-electron chi connectivity index (χ3n) is 3.59. The van der Waals surface area contributed by atoms with Crippen LogP contribution in [0.25, 0.3) is 0 Å². The molecule has 3 heteroatoms. The Morgan fingerprint density at radius 1 is 1.00 bits per heavy atom. The van der Waals surface area contributed by atoms with Gasteiger partial charge in [0.2, 0.25) is 0 Å². The lowest BCUT2D eigenvalue weighted by molar-refractivity contribution is 0.0995. The topological polar surface area (TPSA) is 18.5 Å². The molecule has 0 spiro atoms. The van der Waals surface area contributed by atoms with Crippen LogP contribution in [0.15, 0.2) is 0 Å². The van der Waals surface area contributed by atoms with Gasteiger partial charge in [-0.25, -0.2) is 0 Å². The zero-order valence-corrected chi connectivity index (χ0v) is 12.3. The van der Waals surface area contributed by atoms with Crippen LogP contribution in [0.4, 0.5) is 0 Å². The largest absolute Gasteiger partial charge is 0.316 e. The van der Waals surface area contributed by atoms with E-state index in [4.69, 9.17) is 0 Å². The van der Waals surface area contributed by atoms with Gasteiger partial charge in [0.1, 0.15) is 0 Å². The Balaban J connectivity index is 2.23. The van der Waals surface area contributed by atoms with Crippen LogP contribution in [0.2, 0.25) is 0 Å². The average Bonchev–Trinajstić information content (AvgIpc) is 2.30. The molecule has 0 aromatic heterocycles. The van der Waals surface area contributed by atoms with E-state index in [1.54, 1.807) is 0 Å². The maximum Gasteiger partial charge on any atom is 0.0110 e. The summed E-state index contributed by atoms with van der Waals surface area (Å²) in [7, 11) is 0. The molecule has 1 saturated heterocycles. The van der Waals surface area contributed by atoms with Gasteiger partial charge in [-0.15, -0.1) is 0 Å². The standard InChI is InChI=1S/C14H31N3/c1-5-7-15-12-14(3,4)13-17-10-8-16(6-2)9-11-17/h15H,5-13H2,1-4H3. The third kappa shape index (κ3) is 5.84. The van der Waals surface area contributed by atoms with E-state index in [1.807, 2.05) is 0 Å². The van der Waals surface area contributed by atoms with Crippen LogP contribution in [0, 0.1) is 5.41 Å². The fraction of sp³-hybridized carbons (Fsp3) is 1.00. The zero-order chi connectivity index (χ0) is 12.7. The molecule has 0 aromatic rings. The van der Waals surface area contributed by atoms with E-state index in [0.717, 1.165) is 13.1 Å². The van der Waals surface area contributed by atoms with Crippen LogP contribution >= 0.6 is 0 Å². The van der Waals surface area contributed by atoms with Gasteiger partial charge < -0.3 is 15.1 Å². The van der Waals surface area contributed by atoms with Gasteiger partial charge in [-0.05, 0) is 24.9 Å². The molecule has 0 amide bonds. The first-order valence-corrected chi connectivity index (χ1v) is 7.23. The highest BCUT2D eigenvalue weighted by Gasteiger charge is 2.23. The minimum atomic E-state index is 0.392. The maximum absolute atomic E-state index is 3.55. The van der Waals surface area contributed by atoms with Gasteiger partial charge in [0, 0.05) is 39.3 Å². The van der Waals surface area contributed by atoms with Crippen LogP contribution in [0.5, 0.6) is 0 Å². The van der Waals surface area contributed by atoms with E-state index < -0.39 is 0 Å². The van der Waals surface area contributed by atoms with Crippen molar-refractivity contribution in [2.45, 2.75) is 34.1 Å². The molecule has 0 radical (unpaired) electrons. The number of piperazine rings is 1. The number of rotatable bonds is 7. The summed E-state index contributed by atoms with van der Waals surface area (Å²) in [6, 6.07) is 0. The highest BCUT2D eigenvalue weighted by Crippen LogP contribution is 2.17. The fourth-order valence-corrected chi connectivity index (χ4v) is 2.53. The quantitative estimate of drug-likeness (QED) is 0.684. The lowest BCUT2D eigenvalue weighted by Gasteiger charge is -2.38. The van der Waals surface area contributed by atoms with Crippen LogP contribution in [0.1, 0.15) is 34.1 Å². The summed E-state index contributed by atoms with van der Waals surface area (Å²) >= 11 is 0. The molecule has 0 aromatic carbocycles. The lowest BCUT2D eigenvalue weighted by atomic mass is 9.92. The van der Waals surface area contributed by atoms with Crippen molar-refractivity contribution in [2.24, 2.45) is 5.41 Å². The molecule has 102 valence electrons.